The molecule has 138 valence electrons. The van der Waals surface area contributed by atoms with Gasteiger partial charge in [0.25, 0.3) is 0 Å². The molecule has 2 saturated heterocycles. The van der Waals surface area contributed by atoms with E-state index in [-0.39, 0.29) is 5.91 Å². The first-order valence-corrected chi connectivity index (χ1v) is 10.2. The molecule has 4 rings (SSSR count). The topological polar surface area (TPSA) is 55.3 Å². The molecule has 2 aliphatic heterocycles. The predicted octanol–water partition coefficient (Wildman–Crippen LogP) is 3.30. The highest BCUT2D eigenvalue weighted by Crippen LogP contribution is 2.39. The van der Waals surface area contributed by atoms with Crippen LogP contribution in [0.5, 0.6) is 0 Å². The third-order valence-electron chi connectivity index (χ3n) is 5.68. The average Bonchev–Trinajstić information content (AvgIpc) is 3.15. The summed E-state index contributed by atoms with van der Waals surface area (Å²) in [5.74, 6) is 0.574. The van der Waals surface area contributed by atoms with Gasteiger partial charge in [-0.3, -0.25) is 4.79 Å². The van der Waals surface area contributed by atoms with Gasteiger partial charge >= 0.3 is 0 Å². The Bertz CT molecular complexity index is 755. The Hall–Kier alpha value is -1.79. The minimum absolute atomic E-state index is 0.262. The van der Waals surface area contributed by atoms with Crippen LogP contribution in [0, 0.1) is 6.92 Å². The van der Waals surface area contributed by atoms with Crippen molar-refractivity contribution in [2.45, 2.75) is 43.9 Å². The summed E-state index contributed by atoms with van der Waals surface area (Å²) < 4.78 is 5.59. The van der Waals surface area contributed by atoms with Crippen LogP contribution in [0.2, 0.25) is 0 Å². The molecule has 1 aromatic heterocycles. The normalized spacial score (nSPS) is 23.0. The fraction of sp³-hybridized carbons (Fsp3) is 0.550. The predicted molar refractivity (Wildman–Crippen MR) is 101 cm³/mol. The molecule has 0 radical (unpaired) electrons. The van der Waals surface area contributed by atoms with Gasteiger partial charge in [-0.25, -0.2) is 0 Å². The van der Waals surface area contributed by atoms with Crippen LogP contribution in [0.4, 0.5) is 0 Å². The van der Waals surface area contributed by atoms with Crippen molar-refractivity contribution < 1.29 is 9.53 Å². The summed E-state index contributed by atoms with van der Waals surface area (Å²) in [6.07, 6.45) is 3.63. The summed E-state index contributed by atoms with van der Waals surface area (Å²) in [5.41, 5.74) is 0.681. The summed E-state index contributed by atoms with van der Waals surface area (Å²) in [4.78, 5) is 15.8. The van der Waals surface area contributed by atoms with Crippen LogP contribution >= 0.6 is 11.3 Å². The van der Waals surface area contributed by atoms with Gasteiger partial charge in [0.15, 0.2) is 0 Å². The van der Waals surface area contributed by atoms with Crippen molar-refractivity contribution >= 4 is 17.2 Å². The van der Waals surface area contributed by atoms with Crippen LogP contribution in [0.1, 0.15) is 47.2 Å². The fourth-order valence-electron chi connectivity index (χ4n) is 4.25. The van der Waals surface area contributed by atoms with Gasteiger partial charge in [0.05, 0.1) is 5.41 Å². The molecule has 2 aliphatic rings. The third-order valence-corrected chi connectivity index (χ3v) is 6.68. The summed E-state index contributed by atoms with van der Waals surface area (Å²) in [6, 6.07) is 10.3. The minimum atomic E-state index is -0.446. The molecule has 0 N–H and O–H groups in total. The van der Waals surface area contributed by atoms with Crippen molar-refractivity contribution in [3.05, 3.63) is 45.9 Å². The zero-order valence-corrected chi connectivity index (χ0v) is 16.0. The number of hydrogen-bond acceptors (Lipinski definition) is 5. The number of nitrogens with zero attached hydrogens (tertiary/aromatic N) is 3. The van der Waals surface area contributed by atoms with Crippen molar-refractivity contribution in [1.29, 1.82) is 0 Å². The number of ether oxygens (including phenoxy) is 1. The highest BCUT2D eigenvalue weighted by molar-refractivity contribution is 7.11. The lowest BCUT2D eigenvalue weighted by Crippen LogP contribution is -2.52. The maximum Gasteiger partial charge on any atom is 0.233 e. The van der Waals surface area contributed by atoms with Crippen molar-refractivity contribution in [2.75, 3.05) is 26.3 Å². The molecule has 0 aliphatic carbocycles. The summed E-state index contributed by atoms with van der Waals surface area (Å²) in [6.45, 7) is 4.87. The van der Waals surface area contributed by atoms with E-state index >= 15 is 0 Å². The first kappa shape index (κ1) is 17.6. The Morgan fingerprint density at radius 2 is 2.00 bits per heavy atom. The summed E-state index contributed by atoms with van der Waals surface area (Å²) in [5, 5.41) is 10.6. The molecule has 0 spiro atoms. The Morgan fingerprint density at radius 3 is 2.69 bits per heavy atom. The maximum atomic E-state index is 13.7. The van der Waals surface area contributed by atoms with Crippen molar-refractivity contribution in [3.63, 3.8) is 0 Å². The lowest BCUT2D eigenvalue weighted by atomic mass is 9.72. The highest BCUT2D eigenvalue weighted by atomic mass is 32.1. The van der Waals surface area contributed by atoms with Crippen LogP contribution in [0.15, 0.2) is 30.3 Å². The summed E-state index contributed by atoms with van der Waals surface area (Å²) >= 11 is 1.66. The zero-order chi connectivity index (χ0) is 18.0. The molecule has 1 atom stereocenters. The highest BCUT2D eigenvalue weighted by Gasteiger charge is 2.45. The van der Waals surface area contributed by atoms with E-state index in [1.54, 1.807) is 11.3 Å². The maximum absolute atomic E-state index is 13.7. The molecule has 2 fully saturated rings. The molecular weight excluding hydrogens is 346 g/mol. The van der Waals surface area contributed by atoms with Crippen LogP contribution in [0.25, 0.3) is 0 Å². The van der Waals surface area contributed by atoms with Gasteiger partial charge in [-0.1, -0.05) is 30.3 Å². The van der Waals surface area contributed by atoms with Crippen molar-refractivity contribution in [2.24, 2.45) is 0 Å². The molecule has 6 heteroatoms. The molecule has 0 saturated carbocycles. The number of amides is 1. The Kier molecular flexibility index (Phi) is 5.05. The van der Waals surface area contributed by atoms with Crippen LogP contribution in [-0.4, -0.2) is 47.3 Å². The monoisotopic (exact) mass is 371 g/mol. The van der Waals surface area contributed by atoms with Gasteiger partial charge < -0.3 is 9.64 Å². The number of piperidine rings is 1. The lowest BCUT2D eigenvalue weighted by Gasteiger charge is -2.42. The van der Waals surface area contributed by atoms with Crippen LogP contribution in [-0.2, 0) is 14.9 Å². The molecule has 0 unspecified atom stereocenters. The van der Waals surface area contributed by atoms with Crippen molar-refractivity contribution in [3.8, 4) is 0 Å². The molecule has 5 nitrogen and oxygen atoms in total. The van der Waals surface area contributed by atoms with E-state index in [0.717, 1.165) is 54.4 Å². The molecule has 1 amide bonds. The number of likely N-dealkylation sites (tertiary alicyclic amines) is 1. The zero-order valence-electron chi connectivity index (χ0n) is 15.2. The van der Waals surface area contributed by atoms with E-state index in [9.17, 15) is 4.79 Å². The molecule has 26 heavy (non-hydrogen) atoms. The van der Waals surface area contributed by atoms with E-state index in [4.69, 9.17) is 4.74 Å². The van der Waals surface area contributed by atoms with E-state index in [0.29, 0.717) is 19.1 Å². The summed E-state index contributed by atoms with van der Waals surface area (Å²) in [7, 11) is 0. The van der Waals surface area contributed by atoms with E-state index in [1.165, 1.54) is 0 Å². The smallest absolute Gasteiger partial charge is 0.233 e. The molecule has 2 aromatic rings. The quantitative estimate of drug-likeness (QED) is 0.831. The number of carbonyl (C=O) groups excluding carboxylic acids is 1. The number of carbonyl (C=O) groups is 1. The van der Waals surface area contributed by atoms with Gasteiger partial charge in [0.2, 0.25) is 5.91 Å². The first-order valence-electron chi connectivity index (χ1n) is 9.42. The van der Waals surface area contributed by atoms with Gasteiger partial charge in [-0.15, -0.1) is 21.5 Å². The fourth-order valence-corrected chi connectivity index (χ4v) is 5.07. The van der Waals surface area contributed by atoms with Gasteiger partial charge in [0.1, 0.15) is 10.0 Å². The largest absolute Gasteiger partial charge is 0.381 e. The van der Waals surface area contributed by atoms with E-state index in [1.807, 2.05) is 25.1 Å². The Labute approximate surface area is 158 Å². The van der Waals surface area contributed by atoms with Crippen molar-refractivity contribution in [1.82, 2.24) is 15.1 Å². The number of benzene rings is 1. The average molecular weight is 372 g/mol. The van der Waals surface area contributed by atoms with Gasteiger partial charge in [-0.2, -0.15) is 0 Å². The first-order chi connectivity index (χ1) is 12.7. The molecular formula is C20H25N3O2S. The molecule has 3 heterocycles. The van der Waals surface area contributed by atoms with Crippen LogP contribution in [0.3, 0.4) is 0 Å². The second-order valence-electron chi connectivity index (χ2n) is 7.31. The van der Waals surface area contributed by atoms with Gasteiger partial charge in [-0.05, 0) is 38.2 Å². The number of hydrogen-bond donors (Lipinski definition) is 0. The van der Waals surface area contributed by atoms with E-state index < -0.39 is 5.41 Å². The Balaban J connectivity index is 1.59. The third kappa shape index (κ3) is 3.28. The van der Waals surface area contributed by atoms with Crippen LogP contribution < -0.4 is 0 Å². The minimum Gasteiger partial charge on any atom is -0.381 e. The Morgan fingerprint density at radius 1 is 1.23 bits per heavy atom. The molecule has 0 bridgehead atoms. The number of rotatable bonds is 3. The second-order valence-corrected chi connectivity index (χ2v) is 8.52. The SMILES string of the molecule is Cc1nnc([C@@H]2CCCN(C(=O)C3(c4ccccc4)CCOCC3)C2)s1. The number of aryl methyl sites for hydroxylation is 1. The van der Waals surface area contributed by atoms with Gasteiger partial charge in [0, 0.05) is 32.2 Å². The van der Waals surface area contributed by atoms with E-state index in [2.05, 4.69) is 27.2 Å². The molecule has 1 aromatic carbocycles. The lowest BCUT2D eigenvalue weighted by molar-refractivity contribution is -0.142. The standard InChI is InChI=1S/C20H25N3O2S/c1-15-21-22-18(26-15)16-6-5-11-23(14-16)19(24)20(9-12-25-13-10-20)17-7-3-2-4-8-17/h2-4,7-8,16H,5-6,9-14H2,1H3/t16-/m1/s1. The number of aromatic nitrogens is 2. The second kappa shape index (κ2) is 7.45.